The van der Waals surface area contributed by atoms with Crippen LogP contribution >= 0.6 is 39.7 Å². The first-order valence-corrected chi connectivity index (χ1v) is 11.5. The summed E-state index contributed by atoms with van der Waals surface area (Å²) in [4.78, 5) is 19.6. The average molecular weight is 528 g/mol. The van der Waals surface area contributed by atoms with Crippen LogP contribution in [0, 0.1) is 0 Å². The number of benzodiazepines with no additional fused rings is 1. The van der Waals surface area contributed by atoms with Gasteiger partial charge in [0.2, 0.25) is 6.17 Å². The SMILES string of the molecule is CN1C(=O)C(NC(=S)NCc2ccccc2Br)N=C(c2ccccc2)c2cc(Cl)ccc21. The lowest BCUT2D eigenvalue weighted by atomic mass is 10.0. The zero-order chi connectivity index (χ0) is 22.7. The molecule has 3 aromatic carbocycles. The van der Waals surface area contributed by atoms with Crippen LogP contribution in [0.1, 0.15) is 16.7 Å². The number of thiocarbonyl (C=S) groups is 1. The van der Waals surface area contributed by atoms with E-state index in [-0.39, 0.29) is 5.91 Å². The second-order valence-corrected chi connectivity index (χ2v) is 8.92. The monoisotopic (exact) mass is 526 g/mol. The number of likely N-dealkylation sites (N-methyl/N-ethyl adjacent to an activating group) is 1. The van der Waals surface area contributed by atoms with Crippen molar-refractivity contribution in [2.75, 3.05) is 11.9 Å². The number of aliphatic imine (C=N–C) groups is 1. The Morgan fingerprint density at radius 3 is 2.59 bits per heavy atom. The summed E-state index contributed by atoms with van der Waals surface area (Å²) in [6.07, 6.45) is -0.888. The molecular weight excluding hydrogens is 508 g/mol. The third kappa shape index (κ3) is 4.85. The lowest BCUT2D eigenvalue weighted by Crippen LogP contribution is -2.49. The number of halogens is 2. The van der Waals surface area contributed by atoms with Crippen molar-refractivity contribution in [3.8, 4) is 0 Å². The fraction of sp³-hybridized carbons (Fsp3) is 0.125. The van der Waals surface area contributed by atoms with Gasteiger partial charge in [0, 0.05) is 34.2 Å². The molecule has 32 heavy (non-hydrogen) atoms. The molecule has 1 heterocycles. The van der Waals surface area contributed by atoms with Gasteiger partial charge in [0.1, 0.15) is 0 Å². The van der Waals surface area contributed by atoms with Crippen molar-refractivity contribution in [2.45, 2.75) is 12.7 Å². The van der Waals surface area contributed by atoms with E-state index in [9.17, 15) is 4.79 Å². The minimum absolute atomic E-state index is 0.218. The fourth-order valence-electron chi connectivity index (χ4n) is 3.46. The number of fused-ring (bicyclic) bond motifs is 1. The van der Waals surface area contributed by atoms with Crippen LogP contribution in [0.3, 0.4) is 0 Å². The van der Waals surface area contributed by atoms with E-state index in [1.165, 1.54) is 0 Å². The van der Waals surface area contributed by atoms with Crippen LogP contribution in [-0.4, -0.2) is 29.9 Å². The van der Waals surface area contributed by atoms with Gasteiger partial charge in [-0.05, 0) is 42.0 Å². The lowest BCUT2D eigenvalue weighted by molar-refractivity contribution is -0.119. The van der Waals surface area contributed by atoms with Gasteiger partial charge in [0.05, 0.1) is 11.4 Å². The maximum atomic E-state index is 13.3. The fourth-order valence-corrected chi connectivity index (χ4v) is 4.24. The van der Waals surface area contributed by atoms with Gasteiger partial charge < -0.3 is 15.5 Å². The second-order valence-electron chi connectivity index (χ2n) is 7.22. The van der Waals surface area contributed by atoms with Crippen molar-refractivity contribution >= 4 is 62.2 Å². The number of amides is 1. The van der Waals surface area contributed by atoms with E-state index in [2.05, 4.69) is 26.6 Å². The molecule has 1 amide bonds. The Morgan fingerprint density at radius 1 is 1.12 bits per heavy atom. The van der Waals surface area contributed by atoms with E-state index >= 15 is 0 Å². The summed E-state index contributed by atoms with van der Waals surface area (Å²) in [5, 5.41) is 7.14. The number of nitrogens with zero attached hydrogens (tertiary/aromatic N) is 2. The predicted molar refractivity (Wildman–Crippen MR) is 137 cm³/mol. The number of hydrogen-bond donors (Lipinski definition) is 2. The summed E-state index contributed by atoms with van der Waals surface area (Å²) < 4.78 is 0.984. The molecule has 0 radical (unpaired) electrons. The van der Waals surface area contributed by atoms with E-state index in [0.717, 1.165) is 26.9 Å². The normalized spacial score (nSPS) is 15.5. The maximum absolute atomic E-state index is 13.3. The van der Waals surface area contributed by atoms with Gasteiger partial charge in [-0.3, -0.25) is 4.79 Å². The summed E-state index contributed by atoms with van der Waals surface area (Å²) >= 11 is 15.3. The largest absolute Gasteiger partial charge is 0.359 e. The first-order chi connectivity index (χ1) is 15.4. The van der Waals surface area contributed by atoms with Crippen molar-refractivity contribution < 1.29 is 4.79 Å². The van der Waals surface area contributed by atoms with Gasteiger partial charge in [-0.2, -0.15) is 0 Å². The van der Waals surface area contributed by atoms with Gasteiger partial charge in [-0.25, -0.2) is 4.99 Å². The van der Waals surface area contributed by atoms with Crippen LogP contribution in [0.2, 0.25) is 5.02 Å². The van der Waals surface area contributed by atoms with Crippen LogP contribution in [0.25, 0.3) is 0 Å². The summed E-state index contributed by atoms with van der Waals surface area (Å²) in [6.45, 7) is 0.509. The van der Waals surface area contributed by atoms with Crippen LogP contribution in [0.4, 0.5) is 5.69 Å². The number of nitrogens with one attached hydrogen (secondary N) is 2. The highest BCUT2D eigenvalue weighted by molar-refractivity contribution is 9.10. The molecule has 0 bridgehead atoms. The van der Waals surface area contributed by atoms with Gasteiger partial charge in [-0.15, -0.1) is 0 Å². The quantitative estimate of drug-likeness (QED) is 0.474. The molecule has 5 nitrogen and oxygen atoms in total. The molecule has 0 aromatic heterocycles. The van der Waals surface area contributed by atoms with Gasteiger partial charge in [0.25, 0.3) is 5.91 Å². The third-order valence-corrected chi connectivity index (χ3v) is 6.38. The minimum atomic E-state index is -0.888. The molecule has 0 fully saturated rings. The molecule has 0 spiro atoms. The predicted octanol–water partition coefficient (Wildman–Crippen LogP) is 4.91. The molecule has 0 aliphatic carbocycles. The van der Waals surface area contributed by atoms with Crippen LogP contribution in [0.5, 0.6) is 0 Å². The van der Waals surface area contributed by atoms with Gasteiger partial charge in [0.15, 0.2) is 5.11 Å². The highest BCUT2D eigenvalue weighted by Gasteiger charge is 2.30. The summed E-state index contributed by atoms with van der Waals surface area (Å²) in [5.41, 5.74) is 4.13. The van der Waals surface area contributed by atoms with Gasteiger partial charge in [-0.1, -0.05) is 76.1 Å². The van der Waals surface area contributed by atoms with E-state index in [1.54, 1.807) is 18.0 Å². The Hall–Kier alpha value is -2.74. The number of carbonyl (C=O) groups excluding carboxylic acids is 1. The summed E-state index contributed by atoms with van der Waals surface area (Å²) in [5.74, 6) is -0.218. The molecule has 1 unspecified atom stereocenters. The highest BCUT2D eigenvalue weighted by atomic mass is 79.9. The zero-order valence-corrected chi connectivity index (χ0v) is 20.3. The average Bonchev–Trinajstić information content (AvgIpc) is 2.89. The molecule has 0 saturated carbocycles. The van der Waals surface area contributed by atoms with Crippen LogP contribution in [-0.2, 0) is 11.3 Å². The lowest BCUT2D eigenvalue weighted by Gasteiger charge is -2.22. The maximum Gasteiger partial charge on any atom is 0.272 e. The van der Waals surface area contributed by atoms with Crippen molar-refractivity contribution in [3.63, 3.8) is 0 Å². The Labute approximate surface area is 205 Å². The van der Waals surface area contributed by atoms with Crippen molar-refractivity contribution in [1.29, 1.82) is 0 Å². The molecule has 4 rings (SSSR count). The van der Waals surface area contributed by atoms with E-state index < -0.39 is 6.17 Å². The number of anilines is 1. The topological polar surface area (TPSA) is 56.7 Å². The van der Waals surface area contributed by atoms with Crippen molar-refractivity contribution in [3.05, 3.63) is 99.0 Å². The number of hydrogen-bond acceptors (Lipinski definition) is 3. The smallest absolute Gasteiger partial charge is 0.272 e. The minimum Gasteiger partial charge on any atom is -0.359 e. The molecule has 1 atom stereocenters. The van der Waals surface area contributed by atoms with Crippen LogP contribution < -0.4 is 15.5 Å². The van der Waals surface area contributed by atoms with Crippen molar-refractivity contribution in [1.82, 2.24) is 10.6 Å². The molecule has 0 saturated heterocycles. The molecule has 1 aliphatic heterocycles. The molecule has 2 N–H and O–H groups in total. The van der Waals surface area contributed by atoms with Crippen LogP contribution in [0.15, 0.2) is 82.3 Å². The van der Waals surface area contributed by atoms with E-state index in [4.69, 9.17) is 28.8 Å². The molecule has 8 heteroatoms. The van der Waals surface area contributed by atoms with Crippen molar-refractivity contribution in [2.24, 2.45) is 4.99 Å². The third-order valence-electron chi connectivity index (χ3n) is 5.11. The van der Waals surface area contributed by atoms with E-state index in [0.29, 0.717) is 22.4 Å². The molecule has 162 valence electrons. The Bertz CT molecular complexity index is 1200. The molecule has 1 aliphatic rings. The first-order valence-electron chi connectivity index (χ1n) is 9.92. The zero-order valence-electron chi connectivity index (χ0n) is 17.2. The Balaban J connectivity index is 1.64. The standard InChI is InChI=1S/C24H20BrClN4OS/c1-30-20-12-11-17(26)13-18(20)21(15-7-3-2-4-8-15)28-22(23(30)31)29-24(32)27-14-16-9-5-6-10-19(16)25/h2-13,22H,14H2,1H3,(H2,27,29,32). The molecular formula is C24H20BrClN4OS. The number of carbonyl (C=O) groups is 1. The summed E-state index contributed by atoms with van der Waals surface area (Å²) in [6, 6.07) is 23.0. The highest BCUT2D eigenvalue weighted by Crippen LogP contribution is 2.29. The second kappa shape index (κ2) is 9.81. The summed E-state index contributed by atoms with van der Waals surface area (Å²) in [7, 11) is 1.73. The number of rotatable bonds is 4. The van der Waals surface area contributed by atoms with E-state index in [1.807, 2.05) is 66.7 Å². The Morgan fingerprint density at radius 2 is 1.84 bits per heavy atom. The molecule has 3 aromatic rings. The van der Waals surface area contributed by atoms with Gasteiger partial charge >= 0.3 is 0 Å². The Kier molecular flexibility index (Phi) is 6.89. The number of benzene rings is 3. The first kappa shape index (κ1) is 22.5.